The lowest BCUT2D eigenvalue weighted by Gasteiger charge is -2.32. The zero-order valence-corrected chi connectivity index (χ0v) is 21.0. The summed E-state index contributed by atoms with van der Waals surface area (Å²) in [6.45, 7) is 5.82. The Hall–Kier alpha value is -3.08. The number of piperidine rings is 1. The monoisotopic (exact) mass is 485 g/mol. The van der Waals surface area contributed by atoms with Crippen molar-refractivity contribution in [2.24, 2.45) is 5.92 Å². The van der Waals surface area contributed by atoms with Crippen LogP contribution in [0.15, 0.2) is 78.9 Å². The van der Waals surface area contributed by atoms with Crippen LogP contribution < -0.4 is 10.1 Å². The number of anilines is 2. The van der Waals surface area contributed by atoms with E-state index in [9.17, 15) is 0 Å². The number of likely N-dealkylation sites (tertiary alicyclic amines) is 1. The largest absolute Gasteiger partial charge is 0.491 e. The molecule has 0 atom stereocenters. The predicted molar refractivity (Wildman–Crippen MR) is 146 cm³/mol. The van der Waals surface area contributed by atoms with Gasteiger partial charge in [0.15, 0.2) is 0 Å². The van der Waals surface area contributed by atoms with Crippen LogP contribution in [-0.2, 0) is 6.42 Å². The standard InChI is InChI=1S/C30H32ClN3O/c1-22-19-29(26-9-5-6-10-28(26)32-22)33-25-11-12-27(31)30(21-25)35-18-17-34-15-13-24(14-16-34)20-23-7-3-2-4-8-23/h2-12,19,21,24H,13-18,20H2,1H3,(H,32,33). The summed E-state index contributed by atoms with van der Waals surface area (Å²) in [5.74, 6) is 1.49. The van der Waals surface area contributed by atoms with Gasteiger partial charge in [0.05, 0.1) is 10.5 Å². The Morgan fingerprint density at radius 1 is 0.971 bits per heavy atom. The number of rotatable bonds is 8. The van der Waals surface area contributed by atoms with E-state index in [-0.39, 0.29) is 0 Å². The number of aromatic nitrogens is 1. The van der Waals surface area contributed by atoms with Crippen LogP contribution in [0.25, 0.3) is 10.9 Å². The van der Waals surface area contributed by atoms with E-state index < -0.39 is 0 Å². The summed E-state index contributed by atoms with van der Waals surface area (Å²) in [7, 11) is 0. The quantitative estimate of drug-likeness (QED) is 0.284. The van der Waals surface area contributed by atoms with Crippen molar-refractivity contribution >= 4 is 33.9 Å². The minimum atomic E-state index is 0.629. The highest BCUT2D eigenvalue weighted by Gasteiger charge is 2.19. The molecule has 1 aliphatic rings. The molecule has 1 aromatic heterocycles. The molecule has 0 unspecified atom stereocenters. The Labute approximate surface area is 212 Å². The third-order valence-electron chi connectivity index (χ3n) is 6.79. The molecule has 0 amide bonds. The van der Waals surface area contributed by atoms with Crippen LogP contribution in [0.4, 0.5) is 11.4 Å². The Bertz CT molecular complexity index is 1270. The Kier molecular flexibility index (Phi) is 7.51. The summed E-state index contributed by atoms with van der Waals surface area (Å²) in [5.41, 5.74) is 5.38. The summed E-state index contributed by atoms with van der Waals surface area (Å²) in [6, 6.07) is 26.9. The lowest BCUT2D eigenvalue weighted by molar-refractivity contribution is 0.155. The maximum Gasteiger partial charge on any atom is 0.140 e. The second-order valence-corrected chi connectivity index (χ2v) is 9.83. The number of benzene rings is 3. The molecule has 0 radical (unpaired) electrons. The molecule has 5 heteroatoms. The molecule has 2 heterocycles. The molecule has 35 heavy (non-hydrogen) atoms. The maximum absolute atomic E-state index is 6.46. The molecule has 0 saturated carbocycles. The Balaban J connectivity index is 1.15. The number of pyridine rings is 1. The molecule has 0 bridgehead atoms. The van der Waals surface area contributed by atoms with Crippen LogP contribution in [0.1, 0.15) is 24.1 Å². The average Bonchev–Trinajstić information content (AvgIpc) is 2.87. The number of fused-ring (bicyclic) bond motifs is 1. The third-order valence-corrected chi connectivity index (χ3v) is 7.11. The summed E-state index contributed by atoms with van der Waals surface area (Å²) in [4.78, 5) is 7.13. The van der Waals surface area contributed by atoms with E-state index in [0.717, 1.165) is 53.5 Å². The molecule has 180 valence electrons. The van der Waals surface area contributed by atoms with Crippen LogP contribution in [0, 0.1) is 12.8 Å². The highest BCUT2D eigenvalue weighted by atomic mass is 35.5. The van der Waals surface area contributed by atoms with Crippen molar-refractivity contribution < 1.29 is 4.74 Å². The molecule has 0 spiro atoms. The second kappa shape index (κ2) is 11.1. The number of halogens is 1. The van der Waals surface area contributed by atoms with Gasteiger partial charge in [-0.05, 0) is 75.0 Å². The van der Waals surface area contributed by atoms with Gasteiger partial charge in [-0.2, -0.15) is 0 Å². The molecule has 1 aliphatic heterocycles. The normalized spacial score (nSPS) is 14.8. The lowest BCUT2D eigenvalue weighted by atomic mass is 9.90. The number of ether oxygens (including phenoxy) is 1. The summed E-state index contributed by atoms with van der Waals surface area (Å²) in [6.07, 6.45) is 3.68. The molecule has 1 N–H and O–H groups in total. The first-order valence-electron chi connectivity index (χ1n) is 12.5. The molecule has 1 saturated heterocycles. The van der Waals surface area contributed by atoms with E-state index >= 15 is 0 Å². The van der Waals surface area contributed by atoms with Crippen molar-refractivity contribution in [3.8, 4) is 5.75 Å². The van der Waals surface area contributed by atoms with Gasteiger partial charge in [0.2, 0.25) is 0 Å². The summed E-state index contributed by atoms with van der Waals surface area (Å²) in [5, 5.41) is 5.25. The van der Waals surface area contributed by atoms with Crippen LogP contribution >= 0.6 is 11.6 Å². The molecular weight excluding hydrogens is 454 g/mol. The van der Waals surface area contributed by atoms with Crippen molar-refractivity contribution in [3.63, 3.8) is 0 Å². The van der Waals surface area contributed by atoms with Gasteiger partial charge in [0, 0.05) is 35.1 Å². The van der Waals surface area contributed by atoms with Gasteiger partial charge in [0.25, 0.3) is 0 Å². The predicted octanol–water partition coefficient (Wildman–Crippen LogP) is 7.27. The maximum atomic E-state index is 6.46. The van der Waals surface area contributed by atoms with E-state index in [1.54, 1.807) is 0 Å². The average molecular weight is 486 g/mol. The first kappa shape index (κ1) is 23.7. The van der Waals surface area contributed by atoms with Crippen LogP contribution in [0.2, 0.25) is 5.02 Å². The number of hydrogen-bond donors (Lipinski definition) is 1. The van der Waals surface area contributed by atoms with Crippen LogP contribution in [-0.4, -0.2) is 36.1 Å². The fourth-order valence-electron chi connectivity index (χ4n) is 4.90. The number of aryl methyl sites for hydroxylation is 1. The number of nitrogens with one attached hydrogen (secondary N) is 1. The third kappa shape index (κ3) is 6.14. The Morgan fingerprint density at radius 2 is 1.74 bits per heavy atom. The Morgan fingerprint density at radius 3 is 2.57 bits per heavy atom. The van der Waals surface area contributed by atoms with Gasteiger partial charge < -0.3 is 10.1 Å². The molecular formula is C30H32ClN3O. The van der Waals surface area contributed by atoms with Crippen LogP contribution in [0.3, 0.4) is 0 Å². The minimum Gasteiger partial charge on any atom is -0.491 e. The van der Waals surface area contributed by atoms with Crippen molar-refractivity contribution in [2.75, 3.05) is 31.6 Å². The molecule has 0 aliphatic carbocycles. The van der Waals surface area contributed by atoms with E-state index in [1.807, 2.05) is 43.3 Å². The topological polar surface area (TPSA) is 37.4 Å². The van der Waals surface area contributed by atoms with E-state index in [2.05, 4.69) is 57.7 Å². The molecule has 3 aromatic carbocycles. The molecule has 5 rings (SSSR count). The highest BCUT2D eigenvalue weighted by molar-refractivity contribution is 6.32. The van der Waals surface area contributed by atoms with Crippen molar-refractivity contribution in [2.45, 2.75) is 26.2 Å². The SMILES string of the molecule is Cc1cc(Nc2ccc(Cl)c(OCCN3CCC(Cc4ccccc4)CC3)c2)c2ccccc2n1. The van der Waals surface area contributed by atoms with Gasteiger partial charge in [0.1, 0.15) is 12.4 Å². The van der Waals surface area contributed by atoms with Crippen LogP contribution in [0.5, 0.6) is 5.75 Å². The van der Waals surface area contributed by atoms with Gasteiger partial charge in [-0.1, -0.05) is 60.1 Å². The van der Waals surface area contributed by atoms with Gasteiger partial charge in [-0.25, -0.2) is 0 Å². The first-order valence-corrected chi connectivity index (χ1v) is 12.8. The first-order chi connectivity index (χ1) is 17.1. The summed E-state index contributed by atoms with van der Waals surface area (Å²) < 4.78 is 6.13. The second-order valence-electron chi connectivity index (χ2n) is 9.42. The smallest absolute Gasteiger partial charge is 0.140 e. The fraction of sp³-hybridized carbons (Fsp3) is 0.300. The van der Waals surface area contributed by atoms with E-state index in [1.165, 1.54) is 24.8 Å². The van der Waals surface area contributed by atoms with E-state index in [0.29, 0.717) is 17.4 Å². The molecule has 4 aromatic rings. The van der Waals surface area contributed by atoms with Gasteiger partial charge >= 0.3 is 0 Å². The van der Waals surface area contributed by atoms with Gasteiger partial charge in [-0.15, -0.1) is 0 Å². The highest BCUT2D eigenvalue weighted by Crippen LogP contribution is 2.32. The number of nitrogens with zero attached hydrogens (tertiary/aromatic N) is 2. The molecule has 4 nitrogen and oxygen atoms in total. The fourth-order valence-corrected chi connectivity index (χ4v) is 5.08. The minimum absolute atomic E-state index is 0.629. The molecule has 1 fully saturated rings. The van der Waals surface area contributed by atoms with Crippen molar-refractivity contribution in [1.29, 1.82) is 0 Å². The summed E-state index contributed by atoms with van der Waals surface area (Å²) >= 11 is 6.46. The number of hydrogen-bond acceptors (Lipinski definition) is 4. The van der Waals surface area contributed by atoms with Crippen molar-refractivity contribution in [3.05, 3.63) is 95.1 Å². The zero-order valence-electron chi connectivity index (χ0n) is 20.2. The lowest BCUT2D eigenvalue weighted by Crippen LogP contribution is -2.37. The van der Waals surface area contributed by atoms with Gasteiger partial charge in [-0.3, -0.25) is 9.88 Å². The van der Waals surface area contributed by atoms with Crippen molar-refractivity contribution in [1.82, 2.24) is 9.88 Å². The zero-order chi connectivity index (χ0) is 24.0. The number of para-hydroxylation sites is 1. The van der Waals surface area contributed by atoms with E-state index in [4.69, 9.17) is 16.3 Å².